The number of carbonyl (C=O) groups excluding carboxylic acids is 1. The van der Waals surface area contributed by atoms with Crippen molar-refractivity contribution in [3.8, 4) is 11.5 Å². The second-order valence-corrected chi connectivity index (χ2v) is 23.4. The Hall–Kier alpha value is -6.33. The van der Waals surface area contributed by atoms with E-state index in [2.05, 4.69) is 91.0 Å². The molecule has 5 heterocycles. The Kier molecular flexibility index (Phi) is 14.2. The van der Waals surface area contributed by atoms with Gasteiger partial charge in [0.15, 0.2) is 0 Å². The molecule has 16 heteroatoms. The van der Waals surface area contributed by atoms with Crippen molar-refractivity contribution < 1.29 is 27.6 Å². The van der Waals surface area contributed by atoms with Crippen LogP contribution in [0.25, 0.3) is 11.0 Å². The number of aromatic nitrogens is 2. The summed E-state index contributed by atoms with van der Waals surface area (Å²) in [5.41, 5.74) is 9.17. The molecule has 1 saturated carbocycles. The molecule has 1 atom stereocenters. The number of rotatable bonds is 15. The largest absolute Gasteiger partial charge is 0.455 e. The van der Waals surface area contributed by atoms with Crippen LogP contribution in [0.3, 0.4) is 0 Å². The average Bonchev–Trinajstić information content (AvgIpc) is 3.88. The molecule has 5 aliphatic rings. The summed E-state index contributed by atoms with van der Waals surface area (Å²) in [6.45, 7) is 12.2. The minimum absolute atomic E-state index is 0.0112. The second-order valence-electron chi connectivity index (χ2n) is 21.8. The van der Waals surface area contributed by atoms with E-state index in [4.69, 9.17) is 9.47 Å². The Morgan fingerprint density at radius 2 is 1.76 bits per heavy atom. The van der Waals surface area contributed by atoms with E-state index in [0.717, 1.165) is 82.1 Å². The van der Waals surface area contributed by atoms with Crippen LogP contribution in [0, 0.1) is 21.4 Å². The van der Waals surface area contributed by atoms with E-state index in [0.29, 0.717) is 49.2 Å². The summed E-state index contributed by atoms with van der Waals surface area (Å²) in [7, 11) is -4.56. The van der Waals surface area contributed by atoms with E-state index in [9.17, 15) is 23.3 Å². The van der Waals surface area contributed by atoms with Gasteiger partial charge in [-0.1, -0.05) is 56.3 Å². The van der Waals surface area contributed by atoms with E-state index in [-0.39, 0.29) is 28.3 Å². The fourth-order valence-corrected chi connectivity index (χ4v) is 13.6. The number of hydrogen-bond donors (Lipinski definition) is 3. The highest BCUT2D eigenvalue weighted by Crippen LogP contribution is 2.53. The smallest absolute Gasteiger partial charge is 0.293 e. The number of aryl methyl sites for hydroxylation is 1. The molecule has 3 N–H and O–H groups in total. The van der Waals surface area contributed by atoms with Crippen molar-refractivity contribution in [2.24, 2.45) is 11.3 Å². The lowest BCUT2D eigenvalue weighted by molar-refractivity contribution is -0.384. The first-order valence-corrected chi connectivity index (χ1v) is 28.2. The van der Waals surface area contributed by atoms with Gasteiger partial charge in [0.1, 0.15) is 22.8 Å². The summed E-state index contributed by atoms with van der Waals surface area (Å²) >= 11 is 0. The van der Waals surface area contributed by atoms with Gasteiger partial charge in [0.25, 0.3) is 21.6 Å². The number of H-pyrrole nitrogens is 1. The molecule has 74 heavy (non-hydrogen) atoms. The Bertz CT molecular complexity index is 3140. The summed E-state index contributed by atoms with van der Waals surface area (Å²) in [6.07, 6.45) is 14.4. The number of nitrogens with one attached hydrogen (secondary N) is 3. The number of benzene rings is 4. The molecular weight excluding hydrogens is 953 g/mol. The number of nitro benzene ring substituents is 1. The lowest BCUT2D eigenvalue weighted by atomic mass is 9.59. The van der Waals surface area contributed by atoms with Crippen LogP contribution >= 0.6 is 0 Å². The maximum atomic E-state index is 14.1. The van der Waals surface area contributed by atoms with Crippen molar-refractivity contribution in [3.05, 3.63) is 147 Å². The normalized spacial score (nSPS) is 19.8. The van der Waals surface area contributed by atoms with Crippen LogP contribution in [0.5, 0.6) is 11.5 Å². The molecule has 0 radical (unpaired) electrons. The fraction of sp³-hybridized carbons (Fsp3) is 0.448. The van der Waals surface area contributed by atoms with Crippen LogP contribution in [-0.4, -0.2) is 97.5 Å². The molecule has 11 rings (SSSR count). The van der Waals surface area contributed by atoms with Gasteiger partial charge in [-0.2, -0.15) is 0 Å². The van der Waals surface area contributed by atoms with Crippen LogP contribution in [0.4, 0.5) is 17.1 Å². The molecule has 6 aromatic rings. The van der Waals surface area contributed by atoms with Crippen LogP contribution < -0.4 is 19.7 Å². The van der Waals surface area contributed by atoms with Gasteiger partial charge < -0.3 is 24.7 Å². The topological polar surface area (TPSA) is 175 Å². The first-order valence-electron chi connectivity index (χ1n) is 26.7. The van der Waals surface area contributed by atoms with Crippen LogP contribution in [0.2, 0.25) is 0 Å². The molecular formula is C58H68N8O7S. The molecule has 4 fully saturated rings. The first kappa shape index (κ1) is 49.9. The number of piperidine rings is 1. The molecule has 1 spiro atoms. The molecule has 4 aromatic carbocycles. The van der Waals surface area contributed by atoms with Crippen molar-refractivity contribution in [1.82, 2.24) is 24.5 Å². The van der Waals surface area contributed by atoms with Gasteiger partial charge in [0, 0.05) is 101 Å². The van der Waals surface area contributed by atoms with Gasteiger partial charge in [-0.3, -0.25) is 24.7 Å². The van der Waals surface area contributed by atoms with Crippen molar-refractivity contribution >= 4 is 44.0 Å². The number of ether oxygens (including phenoxy) is 2. The van der Waals surface area contributed by atoms with Crippen LogP contribution in [0.15, 0.2) is 108 Å². The third kappa shape index (κ3) is 10.5. The highest BCUT2D eigenvalue weighted by molar-refractivity contribution is 7.90. The van der Waals surface area contributed by atoms with E-state index < -0.39 is 31.4 Å². The molecule has 2 aliphatic carbocycles. The highest BCUT2D eigenvalue weighted by atomic mass is 32.2. The zero-order valence-corrected chi connectivity index (χ0v) is 43.4. The van der Waals surface area contributed by atoms with Gasteiger partial charge in [-0.25, -0.2) is 18.1 Å². The van der Waals surface area contributed by atoms with Crippen LogP contribution in [0.1, 0.15) is 115 Å². The lowest BCUT2D eigenvalue weighted by Gasteiger charge is -2.58. The molecule has 2 aromatic heterocycles. The number of carbonyl (C=O) groups is 1. The maximum absolute atomic E-state index is 14.1. The number of sulfonamides is 1. The highest BCUT2D eigenvalue weighted by Gasteiger charge is 2.50. The molecule has 3 aliphatic heterocycles. The Morgan fingerprint density at radius 3 is 2.57 bits per heavy atom. The van der Waals surface area contributed by atoms with Crippen molar-refractivity contribution in [1.29, 1.82) is 0 Å². The number of piperazine rings is 1. The molecule has 388 valence electrons. The third-order valence-electron chi connectivity index (χ3n) is 16.8. The number of amides is 1. The summed E-state index contributed by atoms with van der Waals surface area (Å²) < 4.78 is 41.7. The summed E-state index contributed by atoms with van der Waals surface area (Å²) in [4.78, 5) is 40.7. The summed E-state index contributed by atoms with van der Waals surface area (Å²) in [5, 5.41) is 16.1. The van der Waals surface area contributed by atoms with Gasteiger partial charge >= 0.3 is 0 Å². The lowest BCUT2D eigenvalue weighted by Crippen LogP contribution is -2.60. The quantitative estimate of drug-likeness (QED) is 0.0657. The second kappa shape index (κ2) is 21.1. The number of anilines is 2. The van der Waals surface area contributed by atoms with Crippen molar-refractivity contribution in [3.63, 3.8) is 0 Å². The van der Waals surface area contributed by atoms with Gasteiger partial charge in [0.2, 0.25) is 0 Å². The molecule has 1 amide bonds. The predicted molar refractivity (Wildman–Crippen MR) is 288 cm³/mol. The predicted octanol–water partition coefficient (Wildman–Crippen LogP) is 10.5. The van der Waals surface area contributed by atoms with E-state index >= 15 is 0 Å². The zero-order chi connectivity index (χ0) is 51.0. The number of fused-ring (bicyclic) bond motifs is 2. The van der Waals surface area contributed by atoms with E-state index in [1.165, 1.54) is 67.3 Å². The Balaban J connectivity index is 0.786. The summed E-state index contributed by atoms with van der Waals surface area (Å²) in [6, 6.07) is 29.5. The van der Waals surface area contributed by atoms with E-state index in [1.54, 1.807) is 41.7 Å². The number of nitro groups is 1. The minimum Gasteiger partial charge on any atom is -0.455 e. The van der Waals surface area contributed by atoms with Crippen molar-refractivity contribution in [2.45, 2.75) is 107 Å². The van der Waals surface area contributed by atoms with Gasteiger partial charge in [-0.05, 0) is 146 Å². The first-order chi connectivity index (χ1) is 35.9. The fourth-order valence-electron chi connectivity index (χ4n) is 12.6. The molecule has 0 bridgehead atoms. The molecule has 15 nitrogen and oxygen atoms in total. The zero-order valence-electron chi connectivity index (χ0n) is 42.6. The Morgan fingerprint density at radius 1 is 0.946 bits per heavy atom. The maximum Gasteiger partial charge on any atom is 0.293 e. The minimum atomic E-state index is -4.56. The molecule has 3 saturated heterocycles. The number of aromatic amines is 1. The SMILES string of the molecule is CC(C)c1ccccc1C1CN(Cc2cccc3c2CCCC3)CCN1C1CC2(CCN(c3ccc(C(=O)NS(=O)(=O)c4ccc(NCC5CCOCC5)c([N+](=O)[O-])c4)c(Oc4cnc5[nH]ccc5c4)c3)CC2)C1. The average molecular weight is 1020 g/mol. The monoisotopic (exact) mass is 1020 g/mol. The summed E-state index contributed by atoms with van der Waals surface area (Å²) in [5.74, 6) is 0.315. The van der Waals surface area contributed by atoms with Gasteiger partial charge in [-0.15, -0.1) is 0 Å². The van der Waals surface area contributed by atoms with Crippen molar-refractivity contribution in [2.75, 3.05) is 62.7 Å². The molecule has 1 unspecified atom stereocenters. The Labute approximate surface area is 434 Å². The van der Waals surface area contributed by atoms with Gasteiger partial charge in [0.05, 0.1) is 21.6 Å². The number of nitrogens with zero attached hydrogens (tertiary/aromatic N) is 5. The van der Waals surface area contributed by atoms with Crippen LogP contribution in [-0.2, 0) is 34.1 Å². The number of hydrogen-bond acceptors (Lipinski definition) is 12. The van der Waals surface area contributed by atoms with E-state index in [1.807, 2.05) is 12.1 Å². The third-order valence-corrected chi connectivity index (χ3v) is 18.1. The standard InChI is InChI=1S/C58H68N8O7S/c1-39(2)48-11-5-6-13-50(48)54-38-63(37-43-10-7-9-41-8-3-4-12-49(41)43)26-27-65(54)45-33-58(34-45)21-24-64(25-22-58)44-14-16-51(55(31-44)73-46-30-42-18-23-59-56(42)61-36-46)57(67)62-74(70,71)47-15-17-52(53(32-47)66(68)69)60-35-40-19-28-72-29-20-40/h5-7,9-11,13-18,23,30-32,36,39-40,45,54,60H,3-4,8,12,19-22,24-29,33-35,37-38H2,1-2H3,(H,59,61)(H,62,67). The number of pyridine rings is 1.